The number of fused-ring (bicyclic) bond motifs is 1. The molecule has 0 saturated carbocycles. The molecule has 1 amide bonds. The minimum Gasteiger partial charge on any atom is -0.349 e. The van der Waals surface area contributed by atoms with Crippen molar-refractivity contribution >= 4 is 32.9 Å². The predicted octanol–water partition coefficient (Wildman–Crippen LogP) is 2.24. The van der Waals surface area contributed by atoms with E-state index in [1.54, 1.807) is 12.1 Å². The molecule has 29 heavy (non-hydrogen) atoms. The Morgan fingerprint density at radius 1 is 1.10 bits per heavy atom. The van der Waals surface area contributed by atoms with Crippen LogP contribution >= 0.6 is 11.8 Å². The Hall–Kier alpha value is -2.46. The summed E-state index contributed by atoms with van der Waals surface area (Å²) in [5.41, 5.74) is 1.34. The highest BCUT2D eigenvalue weighted by Crippen LogP contribution is 2.26. The Morgan fingerprint density at radius 3 is 2.66 bits per heavy atom. The van der Waals surface area contributed by atoms with Crippen LogP contribution in [0.2, 0.25) is 0 Å². The van der Waals surface area contributed by atoms with Crippen LogP contribution < -0.4 is 10.0 Å². The van der Waals surface area contributed by atoms with Crippen LogP contribution in [0, 0.1) is 11.6 Å². The van der Waals surface area contributed by atoms with Crippen LogP contribution in [0.3, 0.4) is 0 Å². The molecule has 0 fully saturated rings. The number of halogens is 2. The van der Waals surface area contributed by atoms with Gasteiger partial charge in [-0.3, -0.25) is 14.5 Å². The molecule has 2 N–H and O–H groups in total. The summed E-state index contributed by atoms with van der Waals surface area (Å²) in [4.78, 5) is 16.5. The third-order valence-corrected chi connectivity index (χ3v) is 7.09. The molecule has 0 bridgehead atoms. The number of sulfonamides is 1. The van der Waals surface area contributed by atoms with Crippen molar-refractivity contribution in [1.29, 1.82) is 0 Å². The fourth-order valence-electron chi connectivity index (χ4n) is 3.37. The van der Waals surface area contributed by atoms with E-state index in [2.05, 4.69) is 15.0 Å². The topological polar surface area (TPSA) is 87.6 Å². The zero-order valence-corrected chi connectivity index (χ0v) is 16.7. The number of carbonyl (C=O) groups excluding carboxylic acids is 1. The second kappa shape index (κ2) is 7.75. The molecule has 0 saturated heterocycles. The Labute approximate surface area is 170 Å². The van der Waals surface area contributed by atoms with Gasteiger partial charge in [0.25, 0.3) is 15.9 Å². The van der Waals surface area contributed by atoms with Gasteiger partial charge < -0.3 is 5.32 Å². The molecule has 1 unspecified atom stereocenters. The molecule has 2 aromatic rings. The van der Waals surface area contributed by atoms with Crippen molar-refractivity contribution in [2.45, 2.75) is 23.8 Å². The highest BCUT2D eigenvalue weighted by Gasteiger charge is 2.27. The zero-order valence-electron chi connectivity index (χ0n) is 15.1. The average molecular weight is 437 g/mol. The summed E-state index contributed by atoms with van der Waals surface area (Å²) in [5.74, 6) is -1.45. The Morgan fingerprint density at radius 2 is 1.90 bits per heavy atom. The fraction of sp³-hybridized carbons (Fsp3) is 0.263. The van der Waals surface area contributed by atoms with Crippen molar-refractivity contribution in [1.82, 2.24) is 10.0 Å². The smallest absolute Gasteiger partial charge is 0.263 e. The lowest BCUT2D eigenvalue weighted by Crippen LogP contribution is -2.35. The molecule has 0 spiro atoms. The molecular formula is C19H17F2N3O3S2. The molecule has 6 nitrogen and oxygen atoms in total. The van der Waals surface area contributed by atoms with Gasteiger partial charge in [0.15, 0.2) is 5.17 Å². The Bertz CT molecular complexity index is 1120. The third kappa shape index (κ3) is 4.27. The Balaban J connectivity index is 1.47. The molecule has 2 aromatic carbocycles. The first-order valence-corrected chi connectivity index (χ1v) is 11.4. The van der Waals surface area contributed by atoms with Gasteiger partial charge >= 0.3 is 0 Å². The summed E-state index contributed by atoms with van der Waals surface area (Å²) >= 11 is 1.35. The van der Waals surface area contributed by atoms with Crippen LogP contribution in [0.15, 0.2) is 46.3 Å². The number of benzene rings is 2. The molecule has 4 rings (SSSR count). The summed E-state index contributed by atoms with van der Waals surface area (Å²) < 4.78 is 54.7. The van der Waals surface area contributed by atoms with Crippen LogP contribution in [0.1, 0.15) is 21.5 Å². The van der Waals surface area contributed by atoms with E-state index in [0.717, 1.165) is 35.1 Å². The van der Waals surface area contributed by atoms with Crippen molar-refractivity contribution < 1.29 is 22.0 Å². The highest BCUT2D eigenvalue weighted by molar-refractivity contribution is 8.15. The maximum absolute atomic E-state index is 13.8. The van der Waals surface area contributed by atoms with Gasteiger partial charge in [0, 0.05) is 11.8 Å². The number of amides is 1. The van der Waals surface area contributed by atoms with Gasteiger partial charge in [0.05, 0.1) is 17.0 Å². The largest absolute Gasteiger partial charge is 0.349 e. The zero-order chi connectivity index (χ0) is 20.6. The van der Waals surface area contributed by atoms with Gasteiger partial charge in [-0.1, -0.05) is 17.8 Å². The normalized spacial score (nSPS) is 18.3. The van der Waals surface area contributed by atoms with Crippen LogP contribution in [-0.2, 0) is 22.9 Å². The number of aliphatic imine (C=N–C) groups is 1. The van der Waals surface area contributed by atoms with E-state index in [0.29, 0.717) is 24.6 Å². The van der Waals surface area contributed by atoms with E-state index in [1.165, 1.54) is 17.8 Å². The monoisotopic (exact) mass is 437 g/mol. The molecule has 0 radical (unpaired) electrons. The number of rotatable bonds is 4. The van der Waals surface area contributed by atoms with E-state index in [4.69, 9.17) is 0 Å². The van der Waals surface area contributed by atoms with Gasteiger partial charge in [-0.2, -0.15) is 0 Å². The van der Waals surface area contributed by atoms with Gasteiger partial charge in [-0.25, -0.2) is 17.2 Å². The first-order chi connectivity index (χ1) is 13.8. The lowest BCUT2D eigenvalue weighted by atomic mass is 10.1. The standard InChI is InChI=1S/C19H17F2N3O3S2/c20-13-2-4-17(21)16(10-13)18(25)23-14-7-11-1-3-15(9-12(11)8-14)29(26,27)24-19-22-5-6-28-19/h1-4,9-10,14H,5-8H2,(H,22,24)(H,23,25). The van der Waals surface area contributed by atoms with Gasteiger partial charge in [0.1, 0.15) is 11.6 Å². The molecule has 1 atom stereocenters. The number of thioether (sulfide) groups is 1. The second-order valence-electron chi connectivity index (χ2n) is 6.77. The molecule has 1 heterocycles. The summed E-state index contributed by atoms with van der Waals surface area (Å²) in [6.07, 6.45) is 0.880. The SMILES string of the molecule is O=C(NC1Cc2ccc(S(=O)(=O)NC3=NCCS3)cc2C1)c1cc(F)ccc1F. The summed E-state index contributed by atoms with van der Waals surface area (Å²) in [5, 5.41) is 3.08. The van der Waals surface area contributed by atoms with Gasteiger partial charge in [-0.05, 0) is 54.3 Å². The Kier molecular flexibility index (Phi) is 5.30. The van der Waals surface area contributed by atoms with Gasteiger partial charge in [-0.15, -0.1) is 0 Å². The third-order valence-electron chi connectivity index (χ3n) is 4.74. The minimum atomic E-state index is -3.74. The van der Waals surface area contributed by atoms with Crippen LogP contribution in [0.4, 0.5) is 8.78 Å². The average Bonchev–Trinajstić information content (AvgIpc) is 3.31. The van der Waals surface area contributed by atoms with Crippen LogP contribution in [0.5, 0.6) is 0 Å². The molecular weight excluding hydrogens is 420 g/mol. The molecule has 152 valence electrons. The van der Waals surface area contributed by atoms with E-state index < -0.39 is 27.6 Å². The van der Waals surface area contributed by atoms with E-state index in [-0.39, 0.29) is 16.5 Å². The number of hydrogen-bond donors (Lipinski definition) is 2. The van der Waals surface area contributed by atoms with Crippen molar-refractivity contribution in [3.8, 4) is 0 Å². The maximum atomic E-state index is 13.8. The van der Waals surface area contributed by atoms with Crippen molar-refractivity contribution in [3.05, 3.63) is 64.7 Å². The highest BCUT2D eigenvalue weighted by atomic mass is 32.2. The lowest BCUT2D eigenvalue weighted by Gasteiger charge is -2.12. The number of hydrogen-bond acceptors (Lipinski definition) is 5. The first-order valence-electron chi connectivity index (χ1n) is 8.89. The minimum absolute atomic E-state index is 0.120. The lowest BCUT2D eigenvalue weighted by molar-refractivity contribution is 0.0934. The summed E-state index contributed by atoms with van der Waals surface area (Å²) in [6, 6.07) is 7.18. The van der Waals surface area contributed by atoms with E-state index >= 15 is 0 Å². The molecule has 0 aromatic heterocycles. The first kappa shape index (κ1) is 19.8. The fourth-order valence-corrected chi connectivity index (χ4v) is 5.45. The molecule has 1 aliphatic heterocycles. The number of carbonyl (C=O) groups is 1. The van der Waals surface area contributed by atoms with E-state index in [1.807, 2.05) is 0 Å². The second-order valence-corrected chi connectivity index (χ2v) is 9.54. The van der Waals surface area contributed by atoms with Crippen molar-refractivity contribution in [3.63, 3.8) is 0 Å². The maximum Gasteiger partial charge on any atom is 0.263 e. The summed E-state index contributed by atoms with van der Waals surface area (Å²) in [6.45, 7) is 0.583. The quantitative estimate of drug-likeness (QED) is 0.768. The molecule has 10 heteroatoms. The number of nitrogens with one attached hydrogen (secondary N) is 2. The molecule has 2 aliphatic rings. The predicted molar refractivity (Wildman–Crippen MR) is 107 cm³/mol. The number of amidine groups is 1. The van der Waals surface area contributed by atoms with Crippen molar-refractivity contribution in [2.24, 2.45) is 4.99 Å². The van der Waals surface area contributed by atoms with E-state index in [9.17, 15) is 22.0 Å². The van der Waals surface area contributed by atoms with Crippen molar-refractivity contribution in [2.75, 3.05) is 12.3 Å². The van der Waals surface area contributed by atoms with Crippen LogP contribution in [0.25, 0.3) is 0 Å². The van der Waals surface area contributed by atoms with Crippen LogP contribution in [-0.4, -0.2) is 37.8 Å². The molecule has 1 aliphatic carbocycles. The summed E-state index contributed by atoms with van der Waals surface area (Å²) in [7, 11) is -3.74. The number of nitrogens with zero attached hydrogens (tertiary/aromatic N) is 1. The van der Waals surface area contributed by atoms with Gasteiger partial charge in [0.2, 0.25) is 0 Å².